The Balaban J connectivity index is 1.75. The number of hydrogen-bond donors (Lipinski definition) is 0. The summed E-state index contributed by atoms with van der Waals surface area (Å²) in [6.45, 7) is 4.76. The van der Waals surface area contributed by atoms with Gasteiger partial charge in [-0.25, -0.2) is 9.59 Å². The molecule has 0 saturated heterocycles. The standard InChI is InChI=1S/C23H24N2O7/c1-23(2,3)32-22(28)24-13-17-8-5-4-7-15(17)12-19(24)21(27)31-14-20(26)16-9-6-10-18(11-16)25(29)30/h4-11,19H,12-14H2,1-3H3/t19-/m1/s1. The molecule has 1 atom stereocenters. The Morgan fingerprint density at radius 3 is 2.44 bits per heavy atom. The predicted octanol–water partition coefficient (Wildman–Crippen LogP) is 3.68. The van der Waals surface area contributed by atoms with Crippen molar-refractivity contribution in [2.75, 3.05) is 6.61 Å². The largest absolute Gasteiger partial charge is 0.456 e. The van der Waals surface area contributed by atoms with Gasteiger partial charge in [-0.15, -0.1) is 0 Å². The van der Waals surface area contributed by atoms with Crippen molar-refractivity contribution in [2.45, 2.75) is 45.4 Å². The number of ether oxygens (including phenoxy) is 2. The second kappa shape index (κ2) is 9.17. The Morgan fingerprint density at radius 1 is 1.09 bits per heavy atom. The number of esters is 1. The monoisotopic (exact) mass is 440 g/mol. The lowest BCUT2D eigenvalue weighted by molar-refractivity contribution is -0.384. The number of hydrogen-bond acceptors (Lipinski definition) is 7. The van der Waals surface area contributed by atoms with E-state index in [1.807, 2.05) is 24.3 Å². The molecule has 1 heterocycles. The van der Waals surface area contributed by atoms with Crippen molar-refractivity contribution < 1.29 is 28.8 Å². The van der Waals surface area contributed by atoms with Crippen molar-refractivity contribution in [3.63, 3.8) is 0 Å². The van der Waals surface area contributed by atoms with Gasteiger partial charge in [-0.3, -0.25) is 19.8 Å². The molecule has 9 nitrogen and oxygen atoms in total. The van der Waals surface area contributed by atoms with Crippen LogP contribution in [0.2, 0.25) is 0 Å². The van der Waals surface area contributed by atoms with Crippen LogP contribution in [0.5, 0.6) is 0 Å². The fourth-order valence-electron chi connectivity index (χ4n) is 3.36. The van der Waals surface area contributed by atoms with Crippen LogP contribution in [0.15, 0.2) is 48.5 Å². The summed E-state index contributed by atoms with van der Waals surface area (Å²) in [5.74, 6) is -1.33. The van der Waals surface area contributed by atoms with Crippen LogP contribution >= 0.6 is 0 Å². The summed E-state index contributed by atoms with van der Waals surface area (Å²) in [6, 6.07) is 11.7. The normalized spacial score (nSPS) is 15.5. The summed E-state index contributed by atoms with van der Waals surface area (Å²) in [4.78, 5) is 49.6. The quantitative estimate of drug-likeness (QED) is 0.301. The second-order valence-corrected chi connectivity index (χ2v) is 8.44. The smallest absolute Gasteiger partial charge is 0.411 e. The Hall–Kier alpha value is -3.75. The molecule has 168 valence electrons. The minimum atomic E-state index is -0.961. The number of carbonyl (C=O) groups excluding carboxylic acids is 3. The highest BCUT2D eigenvalue weighted by atomic mass is 16.6. The van der Waals surface area contributed by atoms with E-state index in [1.165, 1.54) is 23.1 Å². The molecular formula is C23H24N2O7. The van der Waals surface area contributed by atoms with Crippen molar-refractivity contribution in [3.8, 4) is 0 Å². The number of fused-ring (bicyclic) bond motifs is 1. The molecule has 3 rings (SSSR count). The fraction of sp³-hybridized carbons (Fsp3) is 0.348. The van der Waals surface area contributed by atoms with Gasteiger partial charge in [0.1, 0.15) is 11.6 Å². The minimum absolute atomic E-state index is 0.0602. The van der Waals surface area contributed by atoms with Gasteiger partial charge in [0.2, 0.25) is 5.78 Å². The van der Waals surface area contributed by atoms with E-state index >= 15 is 0 Å². The van der Waals surface area contributed by atoms with Crippen molar-refractivity contribution in [1.82, 2.24) is 4.90 Å². The number of nitrogens with zero attached hydrogens (tertiary/aromatic N) is 2. The number of Topliss-reactive ketones (excluding diaryl/α,β-unsaturated/α-hetero) is 1. The summed E-state index contributed by atoms with van der Waals surface area (Å²) in [6.07, 6.45) is -0.432. The van der Waals surface area contributed by atoms with E-state index in [0.29, 0.717) is 0 Å². The lowest BCUT2D eigenvalue weighted by Gasteiger charge is -2.36. The molecule has 0 saturated carbocycles. The number of ketones is 1. The highest BCUT2D eigenvalue weighted by Gasteiger charge is 2.38. The molecule has 1 aliphatic rings. The molecule has 32 heavy (non-hydrogen) atoms. The van der Waals surface area contributed by atoms with Crippen molar-refractivity contribution in [2.24, 2.45) is 0 Å². The van der Waals surface area contributed by atoms with Gasteiger partial charge in [0.25, 0.3) is 5.69 Å². The van der Waals surface area contributed by atoms with Crippen LogP contribution in [0, 0.1) is 10.1 Å². The van der Waals surface area contributed by atoms with Crippen molar-refractivity contribution in [3.05, 3.63) is 75.3 Å². The molecule has 0 fully saturated rings. The van der Waals surface area contributed by atoms with E-state index in [9.17, 15) is 24.5 Å². The predicted molar refractivity (Wildman–Crippen MR) is 114 cm³/mol. The Bertz CT molecular complexity index is 1060. The number of nitro groups is 1. The minimum Gasteiger partial charge on any atom is -0.456 e. The van der Waals surface area contributed by atoms with Gasteiger partial charge in [0, 0.05) is 24.1 Å². The van der Waals surface area contributed by atoms with Crippen LogP contribution < -0.4 is 0 Å². The van der Waals surface area contributed by atoms with E-state index in [-0.39, 0.29) is 24.2 Å². The number of carbonyl (C=O) groups is 3. The van der Waals surface area contributed by atoms with Crippen LogP contribution in [0.4, 0.5) is 10.5 Å². The first-order chi connectivity index (χ1) is 15.0. The zero-order valence-electron chi connectivity index (χ0n) is 18.1. The highest BCUT2D eigenvalue weighted by molar-refractivity contribution is 5.98. The van der Waals surface area contributed by atoms with E-state index in [2.05, 4.69) is 0 Å². The maximum atomic E-state index is 12.9. The number of benzene rings is 2. The van der Waals surface area contributed by atoms with Crippen LogP contribution in [0.1, 0.15) is 42.3 Å². The molecule has 0 unspecified atom stereocenters. The third-order valence-corrected chi connectivity index (χ3v) is 4.87. The van der Waals surface area contributed by atoms with E-state index in [4.69, 9.17) is 9.47 Å². The maximum Gasteiger partial charge on any atom is 0.411 e. The molecule has 0 aliphatic carbocycles. The van der Waals surface area contributed by atoms with Crippen LogP contribution in [0.25, 0.3) is 0 Å². The maximum absolute atomic E-state index is 12.9. The molecule has 0 aromatic heterocycles. The number of non-ortho nitro benzene ring substituents is 1. The topological polar surface area (TPSA) is 116 Å². The first-order valence-electron chi connectivity index (χ1n) is 10.1. The molecule has 2 aromatic carbocycles. The summed E-state index contributed by atoms with van der Waals surface area (Å²) in [5.41, 5.74) is 0.877. The SMILES string of the molecule is CC(C)(C)OC(=O)N1Cc2ccccc2C[C@@H]1C(=O)OCC(=O)c1cccc([N+](=O)[O-])c1. The number of rotatable bonds is 5. The Labute approximate surface area is 185 Å². The van der Waals surface area contributed by atoms with Crippen molar-refractivity contribution >= 4 is 23.5 Å². The van der Waals surface area contributed by atoms with Gasteiger partial charge in [-0.2, -0.15) is 0 Å². The van der Waals surface area contributed by atoms with E-state index < -0.39 is 41.0 Å². The number of amides is 1. The molecule has 2 aromatic rings. The summed E-state index contributed by atoms with van der Waals surface area (Å²) >= 11 is 0. The zero-order chi connectivity index (χ0) is 23.5. The average molecular weight is 440 g/mol. The lowest BCUT2D eigenvalue weighted by atomic mass is 9.94. The molecule has 1 amide bonds. The van der Waals surface area contributed by atoms with Crippen LogP contribution in [-0.4, -0.2) is 45.9 Å². The van der Waals surface area contributed by atoms with Gasteiger partial charge in [0.15, 0.2) is 6.61 Å². The molecule has 9 heteroatoms. The Kier molecular flexibility index (Phi) is 6.57. The lowest BCUT2D eigenvalue weighted by Crippen LogP contribution is -2.51. The highest BCUT2D eigenvalue weighted by Crippen LogP contribution is 2.26. The van der Waals surface area contributed by atoms with Gasteiger partial charge < -0.3 is 9.47 Å². The Morgan fingerprint density at radius 2 is 1.78 bits per heavy atom. The average Bonchev–Trinajstić information content (AvgIpc) is 2.75. The fourth-order valence-corrected chi connectivity index (χ4v) is 3.36. The molecule has 0 N–H and O–H groups in total. The summed E-state index contributed by atoms with van der Waals surface area (Å²) < 4.78 is 10.7. The first-order valence-corrected chi connectivity index (χ1v) is 10.1. The first kappa shape index (κ1) is 22.9. The zero-order valence-corrected chi connectivity index (χ0v) is 18.1. The van der Waals surface area contributed by atoms with Crippen LogP contribution in [0.3, 0.4) is 0 Å². The molecule has 0 bridgehead atoms. The van der Waals surface area contributed by atoms with E-state index in [1.54, 1.807) is 20.8 Å². The summed E-state index contributed by atoms with van der Waals surface area (Å²) in [5, 5.41) is 10.9. The summed E-state index contributed by atoms with van der Waals surface area (Å²) in [7, 11) is 0. The molecular weight excluding hydrogens is 416 g/mol. The van der Waals surface area contributed by atoms with Crippen LogP contribution in [-0.2, 0) is 27.2 Å². The van der Waals surface area contributed by atoms with Crippen molar-refractivity contribution in [1.29, 1.82) is 0 Å². The molecule has 1 aliphatic heterocycles. The van der Waals surface area contributed by atoms with Gasteiger partial charge in [0.05, 0.1) is 11.5 Å². The molecule has 0 radical (unpaired) electrons. The number of nitro benzene ring substituents is 1. The van der Waals surface area contributed by atoms with Gasteiger partial charge >= 0.3 is 12.1 Å². The second-order valence-electron chi connectivity index (χ2n) is 8.44. The van der Waals surface area contributed by atoms with E-state index in [0.717, 1.165) is 17.2 Å². The van der Waals surface area contributed by atoms with Gasteiger partial charge in [-0.1, -0.05) is 36.4 Å². The third-order valence-electron chi connectivity index (χ3n) is 4.87. The third kappa shape index (κ3) is 5.48. The molecule has 0 spiro atoms. The van der Waals surface area contributed by atoms with Gasteiger partial charge in [-0.05, 0) is 31.9 Å².